The molecule has 0 aliphatic carbocycles. The summed E-state index contributed by atoms with van der Waals surface area (Å²) < 4.78 is 1.59. The van der Waals surface area contributed by atoms with Gasteiger partial charge in [0.25, 0.3) is 5.91 Å². The fraction of sp³-hybridized carbons (Fsp3) is 0.400. The van der Waals surface area contributed by atoms with Gasteiger partial charge in [0.15, 0.2) is 5.82 Å². The van der Waals surface area contributed by atoms with E-state index in [2.05, 4.69) is 15.5 Å². The van der Waals surface area contributed by atoms with Crippen LogP contribution in [0.3, 0.4) is 0 Å². The molecular formula is C10H13N5O2. The Balaban J connectivity index is 2.06. The first kappa shape index (κ1) is 11.3. The van der Waals surface area contributed by atoms with Gasteiger partial charge in [0.1, 0.15) is 5.71 Å². The highest BCUT2D eigenvalue weighted by atomic mass is 16.2. The van der Waals surface area contributed by atoms with Crippen molar-refractivity contribution in [2.75, 3.05) is 12.4 Å². The molecule has 1 aliphatic rings. The molecule has 0 spiro atoms. The van der Waals surface area contributed by atoms with Crippen molar-refractivity contribution in [3.05, 3.63) is 12.3 Å². The van der Waals surface area contributed by atoms with Gasteiger partial charge in [0.2, 0.25) is 5.91 Å². The number of rotatable bonds is 2. The number of carbonyl (C=O) groups is 2. The lowest BCUT2D eigenvalue weighted by Gasteiger charge is -2.18. The van der Waals surface area contributed by atoms with Crippen LogP contribution in [-0.2, 0) is 16.6 Å². The van der Waals surface area contributed by atoms with Crippen molar-refractivity contribution in [3.8, 4) is 0 Å². The molecule has 2 amide bonds. The minimum atomic E-state index is -0.317. The third-order valence-corrected chi connectivity index (χ3v) is 2.42. The molecule has 0 saturated heterocycles. The molecule has 2 rings (SSSR count). The minimum Gasteiger partial charge on any atom is -0.304 e. The molecule has 0 aromatic carbocycles. The van der Waals surface area contributed by atoms with Gasteiger partial charge < -0.3 is 5.32 Å². The predicted molar refractivity (Wildman–Crippen MR) is 61.3 cm³/mol. The maximum Gasteiger partial charge on any atom is 0.273 e. The molecular weight excluding hydrogens is 222 g/mol. The number of nitrogens with one attached hydrogen (secondary N) is 1. The molecule has 0 bridgehead atoms. The monoisotopic (exact) mass is 235 g/mol. The standard InChI is InChI=1S/C10H13N5O2/c1-14-6-5-8(13-14)11-10(17)7-3-4-9(16)15(2)12-7/h5-6H,3-4H2,1-2H3,(H,11,13,17). The van der Waals surface area contributed by atoms with Crippen LogP contribution in [0.2, 0.25) is 0 Å². The molecule has 17 heavy (non-hydrogen) atoms. The number of aromatic nitrogens is 2. The number of anilines is 1. The van der Waals surface area contributed by atoms with Crippen LogP contribution in [0.4, 0.5) is 5.82 Å². The summed E-state index contributed by atoms with van der Waals surface area (Å²) in [6.07, 6.45) is 2.40. The number of hydrogen-bond acceptors (Lipinski definition) is 4. The summed E-state index contributed by atoms with van der Waals surface area (Å²) in [4.78, 5) is 23.0. The van der Waals surface area contributed by atoms with E-state index in [0.29, 0.717) is 24.4 Å². The van der Waals surface area contributed by atoms with Gasteiger partial charge in [-0.1, -0.05) is 0 Å². The molecule has 0 fully saturated rings. The number of nitrogens with zero attached hydrogens (tertiary/aromatic N) is 4. The van der Waals surface area contributed by atoms with E-state index in [0.717, 1.165) is 0 Å². The van der Waals surface area contributed by atoms with Crippen LogP contribution < -0.4 is 5.32 Å². The van der Waals surface area contributed by atoms with E-state index in [1.807, 2.05) is 0 Å². The summed E-state index contributed by atoms with van der Waals surface area (Å²) in [5.74, 6) is 0.0715. The molecule has 1 N–H and O–H groups in total. The second-order valence-corrected chi connectivity index (χ2v) is 3.79. The van der Waals surface area contributed by atoms with E-state index in [1.165, 1.54) is 12.1 Å². The van der Waals surface area contributed by atoms with E-state index in [1.54, 1.807) is 24.0 Å². The van der Waals surface area contributed by atoms with Gasteiger partial charge in [-0.05, 0) is 0 Å². The fourth-order valence-electron chi connectivity index (χ4n) is 1.50. The molecule has 7 heteroatoms. The Morgan fingerprint density at radius 1 is 1.41 bits per heavy atom. The topological polar surface area (TPSA) is 79.6 Å². The summed E-state index contributed by atoms with van der Waals surface area (Å²) >= 11 is 0. The summed E-state index contributed by atoms with van der Waals surface area (Å²) in [5.41, 5.74) is 0.345. The normalized spacial score (nSPS) is 15.8. The first-order valence-electron chi connectivity index (χ1n) is 5.21. The van der Waals surface area contributed by atoms with E-state index < -0.39 is 0 Å². The van der Waals surface area contributed by atoms with Crippen LogP contribution in [0.25, 0.3) is 0 Å². The van der Waals surface area contributed by atoms with Gasteiger partial charge in [-0.15, -0.1) is 0 Å². The first-order valence-corrected chi connectivity index (χ1v) is 5.21. The summed E-state index contributed by atoms with van der Waals surface area (Å²) in [5, 5.41) is 11.8. The molecule has 7 nitrogen and oxygen atoms in total. The average Bonchev–Trinajstić information content (AvgIpc) is 2.68. The lowest BCUT2D eigenvalue weighted by atomic mass is 10.1. The molecule has 2 heterocycles. The Labute approximate surface area is 98.1 Å². The Kier molecular flexibility index (Phi) is 2.90. The van der Waals surface area contributed by atoms with E-state index in [-0.39, 0.29) is 11.8 Å². The van der Waals surface area contributed by atoms with E-state index in [9.17, 15) is 9.59 Å². The van der Waals surface area contributed by atoms with Crippen molar-refractivity contribution in [1.29, 1.82) is 0 Å². The van der Waals surface area contributed by atoms with Gasteiger partial charge in [0.05, 0.1) is 0 Å². The highest BCUT2D eigenvalue weighted by Crippen LogP contribution is 2.09. The molecule has 1 aromatic rings. The maximum atomic E-state index is 11.8. The molecule has 90 valence electrons. The van der Waals surface area contributed by atoms with Gasteiger partial charge in [-0.25, -0.2) is 5.01 Å². The zero-order chi connectivity index (χ0) is 12.4. The Morgan fingerprint density at radius 3 is 2.76 bits per heavy atom. The Hall–Kier alpha value is -2.18. The minimum absolute atomic E-state index is 0.0839. The highest BCUT2D eigenvalue weighted by molar-refractivity contribution is 6.43. The molecule has 0 saturated carbocycles. The number of aryl methyl sites for hydroxylation is 1. The van der Waals surface area contributed by atoms with Gasteiger partial charge in [-0.3, -0.25) is 14.3 Å². The van der Waals surface area contributed by atoms with Crippen LogP contribution in [0, 0.1) is 0 Å². The molecule has 1 aromatic heterocycles. The van der Waals surface area contributed by atoms with Crippen molar-refractivity contribution in [1.82, 2.24) is 14.8 Å². The first-order chi connectivity index (χ1) is 8.06. The van der Waals surface area contributed by atoms with Crippen LogP contribution in [0.1, 0.15) is 12.8 Å². The summed E-state index contributed by atoms with van der Waals surface area (Å²) in [6.45, 7) is 0. The van der Waals surface area contributed by atoms with Gasteiger partial charge >= 0.3 is 0 Å². The van der Waals surface area contributed by atoms with Gasteiger partial charge in [0, 0.05) is 39.2 Å². The van der Waals surface area contributed by atoms with Crippen molar-refractivity contribution >= 4 is 23.3 Å². The lowest BCUT2D eigenvalue weighted by Crippen LogP contribution is -2.34. The fourth-order valence-corrected chi connectivity index (χ4v) is 1.50. The average molecular weight is 235 g/mol. The summed E-state index contributed by atoms with van der Waals surface area (Å²) in [6, 6.07) is 1.69. The molecule has 0 radical (unpaired) electrons. The molecule has 0 unspecified atom stereocenters. The Bertz CT molecular complexity index is 491. The molecule has 1 aliphatic heterocycles. The van der Waals surface area contributed by atoms with Crippen LogP contribution >= 0.6 is 0 Å². The van der Waals surface area contributed by atoms with Crippen LogP contribution in [0.15, 0.2) is 17.4 Å². The van der Waals surface area contributed by atoms with Crippen molar-refractivity contribution in [2.24, 2.45) is 12.1 Å². The van der Waals surface area contributed by atoms with Crippen LogP contribution in [0.5, 0.6) is 0 Å². The second-order valence-electron chi connectivity index (χ2n) is 3.79. The van der Waals surface area contributed by atoms with E-state index in [4.69, 9.17) is 0 Å². The Morgan fingerprint density at radius 2 is 2.18 bits per heavy atom. The zero-order valence-corrected chi connectivity index (χ0v) is 9.67. The number of amides is 2. The van der Waals surface area contributed by atoms with Crippen molar-refractivity contribution in [2.45, 2.75) is 12.8 Å². The lowest BCUT2D eigenvalue weighted by molar-refractivity contribution is -0.130. The third kappa shape index (κ3) is 2.49. The third-order valence-electron chi connectivity index (χ3n) is 2.42. The van der Waals surface area contributed by atoms with Crippen LogP contribution in [-0.4, -0.2) is 39.4 Å². The predicted octanol–water partition coefficient (Wildman–Crippen LogP) is -0.0332. The smallest absolute Gasteiger partial charge is 0.273 e. The highest BCUT2D eigenvalue weighted by Gasteiger charge is 2.22. The quantitative estimate of drug-likeness (QED) is 0.781. The summed E-state index contributed by atoms with van der Waals surface area (Å²) in [7, 11) is 3.30. The van der Waals surface area contributed by atoms with Crippen molar-refractivity contribution < 1.29 is 9.59 Å². The van der Waals surface area contributed by atoms with Crippen molar-refractivity contribution in [3.63, 3.8) is 0 Å². The number of hydrogen-bond donors (Lipinski definition) is 1. The van der Waals surface area contributed by atoms with Gasteiger partial charge in [-0.2, -0.15) is 10.2 Å². The van der Waals surface area contributed by atoms with E-state index >= 15 is 0 Å². The largest absolute Gasteiger partial charge is 0.304 e. The SMILES string of the molecule is CN1N=C(C(=O)Nc2ccn(C)n2)CCC1=O. The second kappa shape index (κ2) is 4.36. The zero-order valence-electron chi connectivity index (χ0n) is 9.67. The number of hydrazone groups is 1. The molecule has 0 atom stereocenters. The number of carbonyl (C=O) groups excluding carboxylic acids is 2. The maximum absolute atomic E-state index is 11.8.